The molecule has 2 nitrogen and oxygen atoms in total. The Bertz CT molecular complexity index is 280. The molecule has 0 aliphatic heterocycles. The summed E-state index contributed by atoms with van der Waals surface area (Å²) in [5, 5.41) is 5.64. The van der Waals surface area contributed by atoms with Crippen molar-refractivity contribution >= 4 is 11.3 Å². The van der Waals surface area contributed by atoms with Gasteiger partial charge in [0.05, 0.1) is 17.2 Å². The van der Waals surface area contributed by atoms with E-state index in [-0.39, 0.29) is 0 Å². The van der Waals surface area contributed by atoms with Gasteiger partial charge in [0.25, 0.3) is 0 Å². The van der Waals surface area contributed by atoms with Gasteiger partial charge in [-0.3, -0.25) is 0 Å². The van der Waals surface area contributed by atoms with Crippen molar-refractivity contribution in [2.45, 2.75) is 39.2 Å². The number of rotatable bonds is 7. The molecule has 15 heavy (non-hydrogen) atoms. The monoisotopic (exact) mass is 224 g/mol. The van der Waals surface area contributed by atoms with E-state index in [2.05, 4.69) is 36.1 Å². The van der Waals surface area contributed by atoms with Gasteiger partial charge in [-0.15, -0.1) is 11.3 Å². The average molecular weight is 224 g/mol. The molecule has 1 heterocycles. The topological polar surface area (TPSA) is 24.9 Å². The van der Waals surface area contributed by atoms with Gasteiger partial charge in [-0.25, -0.2) is 4.98 Å². The first-order valence-corrected chi connectivity index (χ1v) is 6.50. The normalized spacial score (nSPS) is 12.7. The first-order chi connectivity index (χ1) is 7.27. The molecule has 0 aliphatic rings. The highest BCUT2D eigenvalue weighted by Crippen LogP contribution is 2.21. The second-order valence-corrected chi connectivity index (χ2v) is 4.45. The van der Waals surface area contributed by atoms with Crippen LogP contribution in [0.3, 0.4) is 0 Å². The standard InChI is InChI=1S/C12H20N2S/c1-4-6-13-11(7-10(3)5-2)12-8-15-9-14-12/h8-9,11,13H,3-7H2,1-2H3. The van der Waals surface area contributed by atoms with E-state index < -0.39 is 0 Å². The largest absolute Gasteiger partial charge is 0.308 e. The Balaban J connectivity index is 2.57. The Kier molecular flexibility index (Phi) is 5.58. The van der Waals surface area contributed by atoms with Gasteiger partial charge in [0.15, 0.2) is 0 Å². The highest BCUT2D eigenvalue weighted by atomic mass is 32.1. The summed E-state index contributed by atoms with van der Waals surface area (Å²) in [4.78, 5) is 4.37. The number of nitrogens with zero attached hydrogens (tertiary/aromatic N) is 1. The highest BCUT2D eigenvalue weighted by Gasteiger charge is 2.12. The molecule has 1 N–H and O–H groups in total. The number of aromatic nitrogens is 1. The van der Waals surface area contributed by atoms with Crippen molar-refractivity contribution in [2.24, 2.45) is 0 Å². The number of hydrogen-bond acceptors (Lipinski definition) is 3. The molecule has 0 bridgehead atoms. The van der Waals surface area contributed by atoms with E-state index >= 15 is 0 Å². The lowest BCUT2D eigenvalue weighted by Gasteiger charge is -2.17. The van der Waals surface area contributed by atoms with Crippen molar-refractivity contribution in [3.8, 4) is 0 Å². The molecule has 0 saturated carbocycles. The molecular formula is C12H20N2S. The van der Waals surface area contributed by atoms with Crippen LogP contribution in [0.4, 0.5) is 0 Å². The van der Waals surface area contributed by atoms with Crippen molar-refractivity contribution in [1.29, 1.82) is 0 Å². The van der Waals surface area contributed by atoms with Gasteiger partial charge in [-0.2, -0.15) is 0 Å². The van der Waals surface area contributed by atoms with Gasteiger partial charge in [-0.1, -0.05) is 26.0 Å². The lowest BCUT2D eigenvalue weighted by atomic mass is 10.0. The summed E-state index contributed by atoms with van der Waals surface area (Å²) >= 11 is 1.66. The van der Waals surface area contributed by atoms with E-state index in [1.807, 2.05) is 5.51 Å². The lowest BCUT2D eigenvalue weighted by molar-refractivity contribution is 0.514. The fraction of sp³-hybridized carbons (Fsp3) is 0.583. The van der Waals surface area contributed by atoms with Crippen molar-refractivity contribution in [2.75, 3.05) is 6.54 Å². The second kappa shape index (κ2) is 6.75. The van der Waals surface area contributed by atoms with Crippen LogP contribution in [-0.4, -0.2) is 11.5 Å². The fourth-order valence-electron chi connectivity index (χ4n) is 1.43. The Morgan fingerprint density at radius 3 is 2.93 bits per heavy atom. The average Bonchev–Trinajstić information content (AvgIpc) is 2.77. The fourth-order valence-corrected chi connectivity index (χ4v) is 2.03. The zero-order valence-electron chi connectivity index (χ0n) is 9.62. The third-order valence-corrected chi connectivity index (χ3v) is 3.05. The van der Waals surface area contributed by atoms with Crippen molar-refractivity contribution in [3.63, 3.8) is 0 Å². The minimum atomic E-state index is 0.351. The zero-order chi connectivity index (χ0) is 11.1. The number of hydrogen-bond donors (Lipinski definition) is 1. The van der Waals surface area contributed by atoms with Crippen LogP contribution < -0.4 is 5.32 Å². The quantitative estimate of drug-likeness (QED) is 0.717. The zero-order valence-corrected chi connectivity index (χ0v) is 10.4. The molecule has 0 aromatic carbocycles. The van der Waals surface area contributed by atoms with Gasteiger partial charge in [0.2, 0.25) is 0 Å². The molecule has 84 valence electrons. The molecule has 1 aromatic heterocycles. The van der Waals surface area contributed by atoms with Crippen molar-refractivity contribution in [3.05, 3.63) is 28.7 Å². The maximum atomic E-state index is 4.37. The second-order valence-electron chi connectivity index (χ2n) is 3.73. The van der Waals surface area contributed by atoms with Crippen LogP contribution in [-0.2, 0) is 0 Å². The van der Waals surface area contributed by atoms with Crippen molar-refractivity contribution < 1.29 is 0 Å². The molecule has 0 aliphatic carbocycles. The third kappa shape index (κ3) is 4.14. The third-order valence-electron chi connectivity index (χ3n) is 2.44. The van der Waals surface area contributed by atoms with E-state index in [0.29, 0.717) is 6.04 Å². The molecule has 3 heteroatoms. The van der Waals surface area contributed by atoms with Gasteiger partial charge in [0.1, 0.15) is 0 Å². The Hall–Kier alpha value is -0.670. The van der Waals surface area contributed by atoms with Crippen LogP contribution in [0.1, 0.15) is 44.8 Å². The highest BCUT2D eigenvalue weighted by molar-refractivity contribution is 7.07. The van der Waals surface area contributed by atoms with Crippen LogP contribution in [0.5, 0.6) is 0 Å². The molecule has 0 radical (unpaired) electrons. The summed E-state index contributed by atoms with van der Waals surface area (Å²) < 4.78 is 0. The Morgan fingerprint density at radius 1 is 1.60 bits per heavy atom. The van der Waals surface area contributed by atoms with E-state index in [9.17, 15) is 0 Å². The summed E-state index contributed by atoms with van der Waals surface area (Å²) in [6.45, 7) is 9.44. The number of thiazole rings is 1. The first-order valence-electron chi connectivity index (χ1n) is 5.56. The van der Waals surface area contributed by atoms with Crippen molar-refractivity contribution in [1.82, 2.24) is 10.3 Å². The molecular weight excluding hydrogens is 204 g/mol. The van der Waals surface area contributed by atoms with Crippen LogP contribution in [0.15, 0.2) is 23.0 Å². The molecule has 0 spiro atoms. The Morgan fingerprint density at radius 2 is 2.40 bits per heavy atom. The number of nitrogens with one attached hydrogen (secondary N) is 1. The first kappa shape index (κ1) is 12.4. The Labute approximate surface area is 96.4 Å². The molecule has 0 fully saturated rings. The maximum Gasteiger partial charge on any atom is 0.0795 e. The molecule has 1 aromatic rings. The summed E-state index contributed by atoms with van der Waals surface area (Å²) in [6.07, 6.45) is 3.20. The molecule has 0 saturated heterocycles. The van der Waals surface area contributed by atoms with E-state index in [0.717, 1.165) is 31.5 Å². The SMILES string of the molecule is C=C(CC)CC(NCCC)c1cscn1. The van der Waals surface area contributed by atoms with Crippen LogP contribution in [0.25, 0.3) is 0 Å². The van der Waals surface area contributed by atoms with Crippen LogP contribution in [0, 0.1) is 0 Å². The van der Waals surface area contributed by atoms with Crippen LogP contribution >= 0.6 is 11.3 Å². The molecule has 1 rings (SSSR count). The molecule has 1 unspecified atom stereocenters. The minimum Gasteiger partial charge on any atom is -0.308 e. The molecule has 0 amide bonds. The predicted octanol–water partition coefficient (Wildman–Crippen LogP) is 3.54. The summed E-state index contributed by atoms with van der Waals surface area (Å²) in [5.41, 5.74) is 4.34. The van der Waals surface area contributed by atoms with Crippen LogP contribution in [0.2, 0.25) is 0 Å². The van der Waals surface area contributed by atoms with Gasteiger partial charge < -0.3 is 5.32 Å². The lowest BCUT2D eigenvalue weighted by Crippen LogP contribution is -2.22. The van der Waals surface area contributed by atoms with E-state index in [1.165, 1.54) is 5.57 Å². The van der Waals surface area contributed by atoms with E-state index in [4.69, 9.17) is 0 Å². The van der Waals surface area contributed by atoms with Gasteiger partial charge in [-0.05, 0) is 25.8 Å². The molecule has 1 atom stereocenters. The predicted molar refractivity (Wildman–Crippen MR) is 67.2 cm³/mol. The minimum absolute atomic E-state index is 0.351. The smallest absolute Gasteiger partial charge is 0.0795 e. The van der Waals surface area contributed by atoms with Gasteiger partial charge in [0, 0.05) is 5.38 Å². The summed E-state index contributed by atoms with van der Waals surface area (Å²) in [7, 11) is 0. The van der Waals surface area contributed by atoms with E-state index in [1.54, 1.807) is 11.3 Å². The summed E-state index contributed by atoms with van der Waals surface area (Å²) in [5.74, 6) is 0. The summed E-state index contributed by atoms with van der Waals surface area (Å²) in [6, 6.07) is 0.351. The van der Waals surface area contributed by atoms with Gasteiger partial charge >= 0.3 is 0 Å². The maximum absolute atomic E-state index is 4.37.